The van der Waals surface area contributed by atoms with E-state index < -0.39 is 30.4 Å². The number of aliphatic hydroxyl groups is 3. The number of benzene rings is 1. The molecule has 3 amide bonds. The molecule has 0 aromatic heterocycles. The van der Waals surface area contributed by atoms with E-state index in [1.54, 1.807) is 20.8 Å². The molecule has 0 spiro atoms. The van der Waals surface area contributed by atoms with Gasteiger partial charge in [-0.2, -0.15) is 0 Å². The second kappa shape index (κ2) is 14.0. The number of rotatable bonds is 13. The highest BCUT2D eigenvalue weighted by atomic mass is 35.5. The van der Waals surface area contributed by atoms with Crippen LogP contribution >= 0.6 is 11.6 Å². The summed E-state index contributed by atoms with van der Waals surface area (Å²) in [5.41, 5.74) is 2.07. The van der Waals surface area contributed by atoms with Crippen LogP contribution in [0.15, 0.2) is 0 Å². The minimum atomic E-state index is -1.14. The lowest BCUT2D eigenvalue weighted by atomic mass is 9.88. The molecule has 1 aromatic carbocycles. The van der Waals surface area contributed by atoms with E-state index in [4.69, 9.17) is 26.6 Å². The Labute approximate surface area is 192 Å². The molecule has 11 heteroatoms. The summed E-state index contributed by atoms with van der Waals surface area (Å²) < 4.78 is 5.16. The number of alkyl halides is 1. The molecule has 1 aromatic rings. The van der Waals surface area contributed by atoms with Crippen LogP contribution in [0.25, 0.3) is 0 Å². The van der Waals surface area contributed by atoms with Crippen LogP contribution in [0.2, 0.25) is 0 Å². The molecule has 1 rings (SSSR count). The minimum absolute atomic E-state index is 0.0193. The van der Waals surface area contributed by atoms with E-state index in [2.05, 4.69) is 16.0 Å². The van der Waals surface area contributed by atoms with Crippen molar-refractivity contribution in [3.8, 4) is 0 Å². The van der Waals surface area contributed by atoms with Gasteiger partial charge >= 0.3 is 0 Å². The summed E-state index contributed by atoms with van der Waals surface area (Å²) in [7, 11) is 0. The van der Waals surface area contributed by atoms with Crippen molar-refractivity contribution in [3.05, 3.63) is 27.8 Å². The summed E-state index contributed by atoms with van der Waals surface area (Å²) in [5.74, 6) is -1.30. The first-order chi connectivity index (χ1) is 15.2. The SMILES string of the molecule is CCc1c(NC(=O)COCCCl)c(C)c(C(=O)NCCO)c(C)c1C(=O)NCC(O)CO. The first kappa shape index (κ1) is 27.8. The monoisotopic (exact) mass is 473 g/mol. The number of anilines is 1. The van der Waals surface area contributed by atoms with Crippen LogP contribution in [-0.4, -0.2) is 84.5 Å². The molecule has 0 saturated heterocycles. The molecule has 0 radical (unpaired) electrons. The molecule has 32 heavy (non-hydrogen) atoms. The number of aliphatic hydroxyl groups excluding tert-OH is 3. The number of carbonyl (C=O) groups excluding carboxylic acids is 3. The normalized spacial score (nSPS) is 11.7. The Hall–Kier alpha value is -2.24. The van der Waals surface area contributed by atoms with Crippen molar-refractivity contribution >= 4 is 35.0 Å². The molecular formula is C21H32ClN3O7. The molecule has 1 unspecified atom stereocenters. The average molecular weight is 474 g/mol. The third-order valence-corrected chi connectivity index (χ3v) is 4.89. The Bertz CT molecular complexity index is 817. The molecular weight excluding hydrogens is 442 g/mol. The summed E-state index contributed by atoms with van der Waals surface area (Å²) in [6.45, 7) is 4.07. The quantitative estimate of drug-likeness (QED) is 0.172. The van der Waals surface area contributed by atoms with Crippen LogP contribution in [0.3, 0.4) is 0 Å². The Morgan fingerprint density at radius 2 is 1.72 bits per heavy atom. The number of carbonyl (C=O) groups is 3. The van der Waals surface area contributed by atoms with Crippen LogP contribution in [0, 0.1) is 13.8 Å². The van der Waals surface area contributed by atoms with E-state index in [0.717, 1.165) is 0 Å². The molecule has 0 saturated carbocycles. The van der Waals surface area contributed by atoms with Crippen molar-refractivity contribution in [2.45, 2.75) is 33.3 Å². The highest BCUT2D eigenvalue weighted by Crippen LogP contribution is 2.32. The first-order valence-electron chi connectivity index (χ1n) is 10.3. The largest absolute Gasteiger partial charge is 0.395 e. The predicted molar refractivity (Wildman–Crippen MR) is 120 cm³/mol. The zero-order valence-corrected chi connectivity index (χ0v) is 19.3. The minimum Gasteiger partial charge on any atom is -0.395 e. The molecule has 10 nitrogen and oxygen atoms in total. The van der Waals surface area contributed by atoms with Crippen molar-refractivity contribution < 1.29 is 34.4 Å². The predicted octanol–water partition coefficient (Wildman–Crippen LogP) is -0.135. The van der Waals surface area contributed by atoms with Crippen LogP contribution in [-0.2, 0) is 16.0 Å². The number of ether oxygens (including phenoxy) is 1. The maximum atomic E-state index is 13.0. The van der Waals surface area contributed by atoms with E-state index in [1.807, 2.05) is 0 Å². The molecule has 1 atom stereocenters. The van der Waals surface area contributed by atoms with Gasteiger partial charge in [0.2, 0.25) is 5.91 Å². The van der Waals surface area contributed by atoms with Crippen molar-refractivity contribution in [2.75, 3.05) is 50.7 Å². The van der Waals surface area contributed by atoms with Gasteiger partial charge in [-0.3, -0.25) is 14.4 Å². The lowest BCUT2D eigenvalue weighted by Gasteiger charge is -2.23. The third kappa shape index (κ3) is 7.42. The van der Waals surface area contributed by atoms with Gasteiger partial charge in [-0.25, -0.2) is 0 Å². The zero-order valence-electron chi connectivity index (χ0n) is 18.6. The topological polar surface area (TPSA) is 157 Å². The molecule has 0 bridgehead atoms. The van der Waals surface area contributed by atoms with Gasteiger partial charge in [-0.15, -0.1) is 11.6 Å². The van der Waals surface area contributed by atoms with Crippen molar-refractivity contribution in [1.82, 2.24) is 10.6 Å². The lowest BCUT2D eigenvalue weighted by molar-refractivity contribution is -0.120. The molecule has 180 valence electrons. The number of hydrogen-bond acceptors (Lipinski definition) is 7. The van der Waals surface area contributed by atoms with Crippen LogP contribution in [0.5, 0.6) is 0 Å². The number of amides is 3. The molecule has 0 aliphatic carbocycles. The molecule has 0 heterocycles. The highest BCUT2D eigenvalue weighted by molar-refractivity contribution is 6.18. The van der Waals surface area contributed by atoms with Gasteiger partial charge in [-0.1, -0.05) is 6.92 Å². The Kier molecular flexibility index (Phi) is 12.2. The molecule has 0 aliphatic rings. The molecule has 0 aliphatic heterocycles. The van der Waals surface area contributed by atoms with E-state index >= 15 is 0 Å². The summed E-state index contributed by atoms with van der Waals surface area (Å²) in [6, 6.07) is 0. The van der Waals surface area contributed by atoms with Crippen LogP contribution < -0.4 is 16.0 Å². The second-order valence-electron chi connectivity index (χ2n) is 7.02. The number of halogens is 1. The second-order valence-corrected chi connectivity index (χ2v) is 7.40. The van der Waals surface area contributed by atoms with Gasteiger partial charge in [-0.05, 0) is 37.0 Å². The molecule has 0 fully saturated rings. The zero-order chi connectivity index (χ0) is 24.3. The summed E-state index contributed by atoms with van der Waals surface area (Å²) >= 11 is 5.55. The van der Waals surface area contributed by atoms with Gasteiger partial charge < -0.3 is 36.0 Å². The van der Waals surface area contributed by atoms with Gasteiger partial charge in [0.25, 0.3) is 11.8 Å². The van der Waals surface area contributed by atoms with Gasteiger partial charge in [0, 0.05) is 35.8 Å². The third-order valence-electron chi connectivity index (χ3n) is 4.74. The van der Waals surface area contributed by atoms with Crippen LogP contribution in [0.1, 0.15) is 44.3 Å². The van der Waals surface area contributed by atoms with E-state index in [9.17, 15) is 19.5 Å². The number of nitrogens with one attached hydrogen (secondary N) is 3. The fourth-order valence-electron chi connectivity index (χ4n) is 3.30. The average Bonchev–Trinajstić information content (AvgIpc) is 2.77. The Morgan fingerprint density at radius 1 is 1.06 bits per heavy atom. The standard InChI is InChI=1S/C21H32ClN3O7/c1-4-15-18(21(31)24-9-14(28)10-27)12(2)17(20(30)23-6-7-26)13(3)19(15)25-16(29)11-32-8-5-22/h14,26-28H,4-11H2,1-3H3,(H,23,30)(H,24,31)(H,25,29). The van der Waals surface area contributed by atoms with Crippen molar-refractivity contribution in [2.24, 2.45) is 0 Å². The summed E-state index contributed by atoms with van der Waals surface area (Å²) in [5, 5.41) is 35.5. The summed E-state index contributed by atoms with van der Waals surface area (Å²) in [6.07, 6.45) is -0.774. The lowest BCUT2D eigenvalue weighted by Crippen LogP contribution is -2.36. The fourth-order valence-corrected chi connectivity index (χ4v) is 3.40. The van der Waals surface area contributed by atoms with Gasteiger partial charge in [0.1, 0.15) is 6.61 Å². The van der Waals surface area contributed by atoms with Gasteiger partial charge in [0.05, 0.1) is 25.9 Å². The highest BCUT2D eigenvalue weighted by Gasteiger charge is 2.27. The molecule has 6 N–H and O–H groups in total. The van der Waals surface area contributed by atoms with Crippen LogP contribution in [0.4, 0.5) is 5.69 Å². The Balaban J connectivity index is 3.52. The van der Waals surface area contributed by atoms with E-state index in [-0.39, 0.29) is 49.9 Å². The van der Waals surface area contributed by atoms with Crippen molar-refractivity contribution in [3.63, 3.8) is 0 Å². The van der Waals surface area contributed by atoms with Gasteiger partial charge in [0.15, 0.2) is 0 Å². The van der Waals surface area contributed by atoms with E-state index in [1.165, 1.54) is 0 Å². The van der Waals surface area contributed by atoms with Crippen molar-refractivity contribution in [1.29, 1.82) is 0 Å². The number of hydrogen-bond donors (Lipinski definition) is 6. The Morgan fingerprint density at radius 3 is 2.28 bits per heavy atom. The smallest absolute Gasteiger partial charge is 0.252 e. The fraction of sp³-hybridized carbons (Fsp3) is 0.571. The summed E-state index contributed by atoms with van der Waals surface area (Å²) in [4.78, 5) is 38.2. The first-order valence-corrected chi connectivity index (χ1v) is 10.8. The maximum Gasteiger partial charge on any atom is 0.252 e. The maximum absolute atomic E-state index is 13.0. The van der Waals surface area contributed by atoms with E-state index in [0.29, 0.717) is 28.8 Å².